The van der Waals surface area contributed by atoms with E-state index in [0.717, 1.165) is 19.2 Å². The summed E-state index contributed by atoms with van der Waals surface area (Å²) < 4.78 is 66.6. The first-order valence-electron chi connectivity index (χ1n) is 8.88. The fourth-order valence-electron chi connectivity index (χ4n) is 2.73. The first kappa shape index (κ1) is 23.8. The van der Waals surface area contributed by atoms with Crippen LogP contribution in [0.3, 0.4) is 0 Å². The molecular formula is C21H15Cl2F2NO5S. The van der Waals surface area contributed by atoms with E-state index in [0.29, 0.717) is 11.6 Å². The summed E-state index contributed by atoms with van der Waals surface area (Å²) in [6.45, 7) is -0.635. The number of ether oxygens (including phenoxy) is 2. The number of benzene rings is 3. The molecule has 0 saturated carbocycles. The van der Waals surface area contributed by atoms with Crippen molar-refractivity contribution < 1.29 is 31.5 Å². The van der Waals surface area contributed by atoms with Gasteiger partial charge >= 0.3 is 5.97 Å². The number of hydrogen-bond acceptors (Lipinski definition) is 5. The number of esters is 1. The summed E-state index contributed by atoms with van der Waals surface area (Å²) >= 11 is 12.0. The summed E-state index contributed by atoms with van der Waals surface area (Å²) in [6.07, 6.45) is 0. The minimum Gasteiger partial charge on any atom is -0.479 e. The van der Waals surface area contributed by atoms with Crippen LogP contribution in [0.1, 0.15) is 0 Å². The maximum atomic E-state index is 14.4. The van der Waals surface area contributed by atoms with Gasteiger partial charge in [-0.3, -0.25) is 4.72 Å². The van der Waals surface area contributed by atoms with E-state index in [2.05, 4.69) is 9.46 Å². The summed E-state index contributed by atoms with van der Waals surface area (Å²) in [5.41, 5.74) is -0.116. The highest BCUT2D eigenvalue weighted by molar-refractivity contribution is 7.92. The highest BCUT2D eigenvalue weighted by Gasteiger charge is 2.26. The molecule has 3 rings (SSSR count). The van der Waals surface area contributed by atoms with E-state index >= 15 is 0 Å². The zero-order valence-electron chi connectivity index (χ0n) is 16.4. The van der Waals surface area contributed by atoms with E-state index < -0.39 is 44.8 Å². The molecule has 0 aliphatic carbocycles. The van der Waals surface area contributed by atoms with Crippen molar-refractivity contribution in [1.29, 1.82) is 0 Å². The maximum Gasteiger partial charge on any atom is 0.343 e. The highest BCUT2D eigenvalue weighted by atomic mass is 35.5. The Hall–Kier alpha value is -2.88. The Labute approximate surface area is 192 Å². The molecule has 0 saturated heterocycles. The van der Waals surface area contributed by atoms with E-state index in [1.807, 2.05) is 0 Å². The number of carbonyl (C=O) groups excluding carboxylic acids is 1. The van der Waals surface area contributed by atoms with E-state index in [1.165, 1.54) is 6.07 Å². The van der Waals surface area contributed by atoms with Gasteiger partial charge in [-0.25, -0.2) is 22.0 Å². The molecule has 0 fully saturated rings. The lowest BCUT2D eigenvalue weighted by Crippen LogP contribution is -2.18. The molecule has 3 aromatic carbocycles. The molecular weight excluding hydrogens is 487 g/mol. The van der Waals surface area contributed by atoms with Gasteiger partial charge in [-0.1, -0.05) is 53.5 Å². The summed E-state index contributed by atoms with van der Waals surface area (Å²) in [7, 11) is -3.42. The Morgan fingerprint density at radius 3 is 2.38 bits per heavy atom. The van der Waals surface area contributed by atoms with Crippen LogP contribution in [-0.2, 0) is 19.6 Å². The molecule has 0 aromatic heterocycles. The standard InChI is InChI=1S/C21H15Cl2F2NO5S/c1-30-20(27)11-31-21-15(23)7-13(22)8-19(21)32(28,29)26-18-9-14(16(24)10-17(18)25)12-5-3-2-4-6-12/h2-10,26H,11H2,1H3. The smallest absolute Gasteiger partial charge is 0.343 e. The monoisotopic (exact) mass is 501 g/mol. The molecule has 0 spiro atoms. The van der Waals surface area contributed by atoms with E-state index in [-0.39, 0.29) is 21.4 Å². The second-order valence-electron chi connectivity index (χ2n) is 6.36. The maximum absolute atomic E-state index is 14.4. The van der Waals surface area contributed by atoms with Crippen molar-refractivity contribution in [3.63, 3.8) is 0 Å². The van der Waals surface area contributed by atoms with Crippen molar-refractivity contribution in [2.24, 2.45) is 0 Å². The normalized spacial score (nSPS) is 11.2. The van der Waals surface area contributed by atoms with Crippen molar-refractivity contribution in [2.45, 2.75) is 4.90 Å². The lowest BCUT2D eigenvalue weighted by Gasteiger charge is -2.16. The van der Waals surface area contributed by atoms with Gasteiger partial charge in [-0.05, 0) is 23.8 Å². The van der Waals surface area contributed by atoms with Crippen molar-refractivity contribution in [2.75, 3.05) is 18.4 Å². The predicted molar refractivity (Wildman–Crippen MR) is 117 cm³/mol. The molecule has 0 bridgehead atoms. The quantitative estimate of drug-likeness (QED) is 0.444. The molecule has 0 aliphatic rings. The first-order chi connectivity index (χ1) is 15.1. The Bertz CT molecular complexity index is 1270. The van der Waals surface area contributed by atoms with Crippen LogP contribution in [0.5, 0.6) is 5.75 Å². The van der Waals surface area contributed by atoms with Crippen LogP contribution in [0.25, 0.3) is 11.1 Å². The van der Waals surface area contributed by atoms with Crippen LogP contribution in [0, 0.1) is 11.6 Å². The molecule has 32 heavy (non-hydrogen) atoms. The van der Waals surface area contributed by atoms with E-state index in [9.17, 15) is 22.0 Å². The van der Waals surface area contributed by atoms with Crippen LogP contribution in [-0.4, -0.2) is 28.1 Å². The van der Waals surface area contributed by atoms with Crippen LogP contribution in [0.4, 0.5) is 14.5 Å². The summed E-state index contributed by atoms with van der Waals surface area (Å²) in [5.74, 6) is -3.19. The minimum atomic E-state index is -4.54. The minimum absolute atomic E-state index is 0.0176. The molecule has 0 unspecified atom stereocenters. The van der Waals surface area contributed by atoms with Gasteiger partial charge in [0, 0.05) is 16.7 Å². The predicted octanol–water partition coefficient (Wildman–Crippen LogP) is 5.29. The summed E-state index contributed by atoms with van der Waals surface area (Å²) in [5, 5.41) is -0.253. The molecule has 168 valence electrons. The fraction of sp³-hybridized carbons (Fsp3) is 0.0952. The third-order valence-corrected chi connectivity index (χ3v) is 6.08. The topological polar surface area (TPSA) is 81.7 Å². The van der Waals surface area contributed by atoms with Gasteiger partial charge in [0.2, 0.25) is 0 Å². The number of methoxy groups -OCH3 is 1. The average Bonchev–Trinajstić information content (AvgIpc) is 2.74. The number of sulfonamides is 1. The molecule has 6 nitrogen and oxygen atoms in total. The third-order valence-electron chi connectivity index (χ3n) is 4.21. The highest BCUT2D eigenvalue weighted by Crippen LogP contribution is 2.37. The van der Waals surface area contributed by atoms with E-state index in [4.69, 9.17) is 27.9 Å². The molecule has 3 aromatic rings. The molecule has 0 radical (unpaired) electrons. The van der Waals surface area contributed by atoms with Crippen LogP contribution < -0.4 is 9.46 Å². The summed E-state index contributed by atoms with van der Waals surface area (Å²) in [6, 6.07) is 12.0. The van der Waals surface area contributed by atoms with Crippen LogP contribution in [0.2, 0.25) is 10.0 Å². The molecule has 0 aliphatic heterocycles. The van der Waals surface area contributed by atoms with Gasteiger partial charge in [0.05, 0.1) is 17.8 Å². The number of anilines is 1. The van der Waals surface area contributed by atoms with Gasteiger partial charge in [-0.2, -0.15) is 0 Å². The molecule has 0 heterocycles. The van der Waals surface area contributed by atoms with Crippen molar-refractivity contribution in [3.8, 4) is 16.9 Å². The number of halogens is 4. The summed E-state index contributed by atoms with van der Waals surface area (Å²) in [4.78, 5) is 10.8. The number of rotatable bonds is 7. The second kappa shape index (κ2) is 9.72. The molecule has 0 amide bonds. The Morgan fingerprint density at radius 1 is 1.03 bits per heavy atom. The molecule has 1 N–H and O–H groups in total. The zero-order chi connectivity index (χ0) is 23.5. The van der Waals surface area contributed by atoms with Gasteiger partial charge in [-0.15, -0.1) is 0 Å². The fourth-order valence-corrected chi connectivity index (χ4v) is 4.65. The Kier molecular flexibility index (Phi) is 7.22. The van der Waals surface area contributed by atoms with Gasteiger partial charge in [0.25, 0.3) is 10.0 Å². The third kappa shape index (κ3) is 5.29. The lowest BCUT2D eigenvalue weighted by atomic mass is 10.0. The SMILES string of the molecule is COC(=O)COc1c(Cl)cc(Cl)cc1S(=O)(=O)Nc1cc(-c2ccccc2)c(F)cc1F. The van der Waals surface area contributed by atoms with E-state index in [1.54, 1.807) is 30.3 Å². The second-order valence-corrected chi connectivity index (χ2v) is 8.86. The van der Waals surface area contributed by atoms with Crippen LogP contribution in [0.15, 0.2) is 59.5 Å². The van der Waals surface area contributed by atoms with Gasteiger partial charge in [0.1, 0.15) is 16.5 Å². The van der Waals surface area contributed by atoms with Crippen molar-refractivity contribution in [3.05, 3.63) is 76.3 Å². The van der Waals surface area contributed by atoms with Crippen molar-refractivity contribution in [1.82, 2.24) is 0 Å². The number of nitrogens with one attached hydrogen (secondary N) is 1. The largest absolute Gasteiger partial charge is 0.479 e. The molecule has 11 heteroatoms. The lowest BCUT2D eigenvalue weighted by molar-refractivity contribution is -0.142. The molecule has 0 atom stereocenters. The number of hydrogen-bond donors (Lipinski definition) is 1. The Morgan fingerprint density at radius 2 is 1.72 bits per heavy atom. The Balaban J connectivity index is 2.04. The van der Waals surface area contributed by atoms with Gasteiger partial charge < -0.3 is 9.47 Å². The first-order valence-corrected chi connectivity index (χ1v) is 11.1. The number of carbonyl (C=O) groups is 1. The average molecular weight is 502 g/mol. The zero-order valence-corrected chi connectivity index (χ0v) is 18.7. The van der Waals surface area contributed by atoms with Crippen LogP contribution >= 0.6 is 23.2 Å². The van der Waals surface area contributed by atoms with Gasteiger partial charge in [0.15, 0.2) is 12.4 Å². The van der Waals surface area contributed by atoms with Crippen molar-refractivity contribution >= 4 is 44.9 Å².